The number of thioether (sulfide) groups is 1. The van der Waals surface area contributed by atoms with Crippen LogP contribution in [0.4, 0.5) is 5.69 Å². The second-order valence-corrected chi connectivity index (χ2v) is 11.4. The van der Waals surface area contributed by atoms with E-state index in [-0.39, 0.29) is 36.6 Å². The van der Waals surface area contributed by atoms with E-state index in [1.165, 1.54) is 34.2 Å². The number of carbonyl (C=O) groups excluding carboxylic acids is 3. The highest BCUT2D eigenvalue weighted by Gasteiger charge is 2.43. The van der Waals surface area contributed by atoms with E-state index in [9.17, 15) is 14.4 Å². The van der Waals surface area contributed by atoms with Gasteiger partial charge >= 0.3 is 0 Å². The van der Waals surface area contributed by atoms with E-state index < -0.39 is 11.2 Å². The number of nitrogens with zero attached hydrogens (tertiary/aromatic N) is 2. The maximum absolute atomic E-state index is 13.3. The van der Waals surface area contributed by atoms with E-state index in [4.69, 9.17) is 12.2 Å². The highest BCUT2D eigenvalue weighted by molar-refractivity contribution is 8.01. The van der Waals surface area contributed by atoms with Crippen molar-refractivity contribution in [3.63, 3.8) is 0 Å². The molecule has 6 rings (SSSR count). The minimum absolute atomic E-state index is 0.0522. The van der Waals surface area contributed by atoms with Crippen molar-refractivity contribution in [3.05, 3.63) is 76.6 Å². The zero-order chi connectivity index (χ0) is 27.5. The van der Waals surface area contributed by atoms with E-state index in [0.717, 1.165) is 27.0 Å². The Balaban J connectivity index is 0.000000445. The van der Waals surface area contributed by atoms with Gasteiger partial charge in [-0.1, -0.05) is 42.3 Å². The van der Waals surface area contributed by atoms with Gasteiger partial charge in [-0.3, -0.25) is 14.4 Å². The van der Waals surface area contributed by atoms with Gasteiger partial charge in [-0.15, -0.1) is 29.5 Å². The van der Waals surface area contributed by atoms with Gasteiger partial charge in [0.25, 0.3) is 0 Å². The summed E-state index contributed by atoms with van der Waals surface area (Å²) in [6, 6.07) is 18.1. The summed E-state index contributed by atoms with van der Waals surface area (Å²) in [5, 5.41) is 1.93. The zero-order valence-electron chi connectivity index (χ0n) is 21.4. The minimum Gasteiger partial charge on any atom is -0.370 e. The van der Waals surface area contributed by atoms with Crippen molar-refractivity contribution in [2.75, 3.05) is 18.0 Å². The first-order chi connectivity index (χ1) is 18.9. The SMILES string of the molecule is C#Cc1ccsc1[C@@H]1S[C@H](CC(=O)N(CC)c2c[nH]c3ccccc23)C(=O)N1CCC(N)=O.c1cc2cc-2c1. The second-order valence-electron chi connectivity index (χ2n) is 9.21. The van der Waals surface area contributed by atoms with Crippen LogP contribution in [-0.4, -0.2) is 45.9 Å². The lowest BCUT2D eigenvalue weighted by molar-refractivity contribution is -0.132. The van der Waals surface area contributed by atoms with Gasteiger partial charge in [0.15, 0.2) is 0 Å². The van der Waals surface area contributed by atoms with Gasteiger partial charge in [-0.25, -0.2) is 0 Å². The normalized spacial score (nSPS) is 16.9. The molecule has 2 aliphatic carbocycles. The number of rotatable bonds is 8. The summed E-state index contributed by atoms with van der Waals surface area (Å²) in [6.07, 6.45) is 7.57. The van der Waals surface area contributed by atoms with E-state index in [1.54, 1.807) is 9.80 Å². The Labute approximate surface area is 235 Å². The lowest BCUT2D eigenvalue weighted by Gasteiger charge is -2.23. The van der Waals surface area contributed by atoms with Crippen LogP contribution >= 0.6 is 23.1 Å². The summed E-state index contributed by atoms with van der Waals surface area (Å²) in [7, 11) is 0. The van der Waals surface area contributed by atoms with Gasteiger partial charge in [-0.05, 0) is 41.6 Å². The van der Waals surface area contributed by atoms with Crippen LogP contribution in [0.3, 0.4) is 0 Å². The van der Waals surface area contributed by atoms with Crippen LogP contribution in [0.1, 0.15) is 35.6 Å². The molecular formula is C30H28N4O3S2. The maximum Gasteiger partial charge on any atom is 0.237 e. The van der Waals surface area contributed by atoms with Gasteiger partial charge < -0.3 is 20.5 Å². The number of H-pyrrole nitrogens is 1. The van der Waals surface area contributed by atoms with Crippen LogP contribution in [0, 0.1) is 12.3 Å². The van der Waals surface area contributed by atoms with Crippen molar-refractivity contribution in [3.8, 4) is 23.5 Å². The third kappa shape index (κ3) is 5.58. The number of hydrogen-bond acceptors (Lipinski definition) is 5. The molecule has 0 unspecified atom stereocenters. The van der Waals surface area contributed by atoms with Crippen LogP contribution in [0.25, 0.3) is 22.0 Å². The van der Waals surface area contributed by atoms with Gasteiger partial charge in [0.1, 0.15) is 5.37 Å². The number of terminal acetylenes is 1. The molecule has 9 heteroatoms. The number of carbonyl (C=O) groups is 3. The highest BCUT2D eigenvalue weighted by Crippen LogP contribution is 2.47. The number of aromatic amines is 1. The van der Waals surface area contributed by atoms with Crippen molar-refractivity contribution in [1.82, 2.24) is 9.88 Å². The predicted molar refractivity (Wildman–Crippen MR) is 158 cm³/mol. The number of amides is 3. The third-order valence-electron chi connectivity index (χ3n) is 6.76. The van der Waals surface area contributed by atoms with Crippen LogP contribution in [0.15, 0.2) is 66.2 Å². The molecule has 2 atom stereocenters. The molecular weight excluding hydrogens is 528 g/mol. The molecule has 3 N–H and O–H groups in total. The monoisotopic (exact) mass is 556 g/mol. The molecule has 1 saturated heterocycles. The van der Waals surface area contributed by atoms with Gasteiger partial charge in [0, 0.05) is 48.6 Å². The molecule has 0 saturated carbocycles. The number of anilines is 1. The van der Waals surface area contributed by atoms with E-state index >= 15 is 0 Å². The molecule has 3 heterocycles. The van der Waals surface area contributed by atoms with Gasteiger partial charge in [-0.2, -0.15) is 0 Å². The number of nitrogens with one attached hydrogen (secondary N) is 1. The number of benzene rings is 2. The number of thiophene rings is 1. The number of hydrogen-bond donors (Lipinski definition) is 2. The largest absolute Gasteiger partial charge is 0.370 e. The van der Waals surface area contributed by atoms with Crippen molar-refractivity contribution in [2.45, 2.75) is 30.4 Å². The average molecular weight is 557 g/mol. The predicted octanol–water partition coefficient (Wildman–Crippen LogP) is 5.14. The molecule has 3 aliphatic rings. The Bertz CT molecular complexity index is 1570. The fourth-order valence-electron chi connectivity index (χ4n) is 4.72. The Kier molecular flexibility index (Phi) is 7.77. The standard InChI is InChI=1S/C24H24N4O3S2.C6H4/c1-3-15-10-12-32-22(15)24-28(11-9-20(25)29)23(31)19(33-24)13-21(30)27(4-2)18-14-26-17-8-6-5-7-16(17)18;1-2-5-4-6(5)3-1/h1,5-8,10,12,14,19,24,26H,4,9,11,13H2,2H3,(H2,25,29);1-4H/t19-,24+;/m1./s1. The van der Waals surface area contributed by atoms with Crippen molar-refractivity contribution in [1.29, 1.82) is 0 Å². The lowest BCUT2D eigenvalue weighted by Crippen LogP contribution is -2.37. The summed E-state index contributed by atoms with van der Waals surface area (Å²) in [5.41, 5.74) is 10.6. The van der Waals surface area contributed by atoms with Crippen molar-refractivity contribution >= 4 is 57.4 Å². The van der Waals surface area contributed by atoms with Crippen LogP contribution in [0.2, 0.25) is 0 Å². The fourth-order valence-corrected chi connectivity index (χ4v) is 7.31. The first-order valence-electron chi connectivity index (χ1n) is 12.7. The number of fused-ring (bicyclic) bond motifs is 2. The first kappa shape index (κ1) is 26.6. The smallest absolute Gasteiger partial charge is 0.237 e. The molecule has 1 aromatic carbocycles. The molecule has 39 heavy (non-hydrogen) atoms. The maximum atomic E-state index is 13.3. The van der Waals surface area contributed by atoms with E-state index in [0.29, 0.717) is 6.54 Å². The Hall–Kier alpha value is -4.00. The molecule has 1 aliphatic heterocycles. The molecule has 3 aromatic rings. The second kappa shape index (κ2) is 11.4. The molecule has 1 fully saturated rings. The van der Waals surface area contributed by atoms with E-state index in [2.05, 4.69) is 35.2 Å². The number of aromatic nitrogens is 1. The highest BCUT2D eigenvalue weighted by atomic mass is 32.2. The number of para-hydroxylation sites is 1. The average Bonchev–Trinajstić information content (AvgIpc) is 3.38. The first-order valence-corrected chi connectivity index (χ1v) is 14.5. The van der Waals surface area contributed by atoms with Gasteiger partial charge in [0.05, 0.1) is 15.8 Å². The molecule has 7 nitrogen and oxygen atoms in total. The summed E-state index contributed by atoms with van der Waals surface area (Å²) in [5.74, 6) is 1.87. The third-order valence-corrected chi connectivity index (χ3v) is 9.32. The quantitative estimate of drug-likeness (QED) is 0.259. The van der Waals surface area contributed by atoms with Gasteiger partial charge in [0.2, 0.25) is 17.7 Å². The topological polar surface area (TPSA) is 99.5 Å². The zero-order valence-corrected chi connectivity index (χ0v) is 23.1. The molecule has 2 aromatic heterocycles. The molecule has 0 radical (unpaired) electrons. The summed E-state index contributed by atoms with van der Waals surface area (Å²) >= 11 is 2.88. The molecule has 3 amide bonds. The van der Waals surface area contributed by atoms with Crippen molar-refractivity contribution in [2.24, 2.45) is 5.73 Å². The molecule has 198 valence electrons. The van der Waals surface area contributed by atoms with Crippen molar-refractivity contribution < 1.29 is 14.4 Å². The summed E-state index contributed by atoms with van der Waals surface area (Å²) < 4.78 is 0. The number of primary amides is 1. The van der Waals surface area contributed by atoms with E-state index in [1.807, 2.05) is 48.8 Å². The Morgan fingerprint density at radius 1 is 1.15 bits per heavy atom. The Morgan fingerprint density at radius 2 is 1.92 bits per heavy atom. The lowest BCUT2D eigenvalue weighted by atomic mass is 10.2. The summed E-state index contributed by atoms with van der Waals surface area (Å²) in [6.45, 7) is 2.59. The minimum atomic E-state index is -0.567. The summed E-state index contributed by atoms with van der Waals surface area (Å²) in [4.78, 5) is 45.4. The van der Waals surface area contributed by atoms with Crippen LogP contribution in [-0.2, 0) is 14.4 Å². The van der Waals surface area contributed by atoms with Crippen LogP contribution < -0.4 is 10.6 Å². The van der Waals surface area contributed by atoms with Crippen LogP contribution in [0.5, 0.6) is 0 Å². The fraction of sp³-hybridized carbons (Fsp3) is 0.233. The molecule has 0 spiro atoms. The Morgan fingerprint density at radius 3 is 2.56 bits per heavy atom. The number of nitrogens with two attached hydrogens (primary N) is 1. The molecule has 0 bridgehead atoms.